The van der Waals surface area contributed by atoms with Crippen molar-refractivity contribution in [2.75, 3.05) is 0 Å². The van der Waals surface area contributed by atoms with E-state index in [0.717, 1.165) is 0 Å². The van der Waals surface area contributed by atoms with E-state index in [4.69, 9.17) is 1.37 Å². The fourth-order valence-corrected chi connectivity index (χ4v) is 0. The van der Waals surface area contributed by atoms with Crippen molar-refractivity contribution in [3.63, 3.8) is 0 Å². The average molecular weight is 90.2 g/mol. The molecule has 0 heteroatoms. The first-order chi connectivity index (χ1) is 2.56. The Labute approximate surface area is 43.0 Å². The lowest BCUT2D eigenvalue weighted by Crippen LogP contribution is -1.93. The van der Waals surface area contributed by atoms with Gasteiger partial charge >= 0.3 is 0 Å². The molecule has 0 aromatic rings. The molecule has 0 saturated carbocycles. The van der Waals surface area contributed by atoms with Crippen LogP contribution in [0.3, 0.4) is 0 Å². The molecule has 0 bridgehead atoms. The van der Waals surface area contributed by atoms with Crippen molar-refractivity contribution in [2.24, 2.45) is 5.41 Å². The molecule has 40 valence electrons. The summed E-state index contributed by atoms with van der Waals surface area (Å²) >= 11 is 0. The van der Waals surface area contributed by atoms with Crippen LogP contribution >= 0.6 is 0 Å². The Balaban J connectivity index is 0. The van der Waals surface area contributed by atoms with Crippen molar-refractivity contribution in [3.8, 4) is 0 Å². The SMILES string of the molecule is C.[3H]CC(C)(C)C. The molecule has 6 heavy (non-hydrogen) atoms. The molecule has 0 atom stereocenters. The molecule has 0 heterocycles. The molecule has 0 rings (SSSR count). The predicted molar refractivity (Wildman–Crippen MR) is 31.9 cm³/mol. The summed E-state index contributed by atoms with van der Waals surface area (Å²) in [7, 11) is 0. The standard InChI is InChI=1S/C5H12.CH4/c1-5(2,3)4;/h1-4H3;1H4/i1T;. The van der Waals surface area contributed by atoms with Gasteiger partial charge in [-0.25, -0.2) is 0 Å². The second-order valence-corrected chi connectivity index (χ2v) is 2.56. The Morgan fingerprint density at radius 1 is 1.33 bits per heavy atom. The average Bonchev–Trinajstić information content (AvgIpc) is 1.35. The summed E-state index contributed by atoms with van der Waals surface area (Å²) in [5.74, 6) is 0. The Bertz CT molecular complexity index is 33.9. The second-order valence-electron chi connectivity index (χ2n) is 2.56. The molecule has 0 amide bonds. The summed E-state index contributed by atoms with van der Waals surface area (Å²) in [5, 5.41) is 0. The quantitative estimate of drug-likeness (QED) is 0.429. The van der Waals surface area contributed by atoms with Crippen LogP contribution in [0.15, 0.2) is 0 Å². The molecule has 0 aromatic heterocycles. The van der Waals surface area contributed by atoms with Gasteiger partial charge in [-0.3, -0.25) is 0 Å². The highest BCUT2D eigenvalue weighted by Crippen LogP contribution is 2.07. The Morgan fingerprint density at radius 2 is 1.50 bits per heavy atom. The monoisotopic (exact) mass is 90.1 g/mol. The molecule has 0 nitrogen and oxygen atoms in total. The van der Waals surface area contributed by atoms with E-state index in [1.54, 1.807) is 0 Å². The highest BCUT2D eigenvalue weighted by Gasteiger charge is 1.95. The first kappa shape index (κ1) is 6.00. The van der Waals surface area contributed by atoms with Crippen LogP contribution in [-0.2, 0) is 0 Å². The predicted octanol–water partition coefficient (Wildman–Crippen LogP) is 2.69. The van der Waals surface area contributed by atoms with Gasteiger partial charge < -0.3 is 0 Å². The van der Waals surface area contributed by atoms with Gasteiger partial charge in [0.05, 0.1) is 0 Å². The van der Waals surface area contributed by atoms with E-state index in [2.05, 4.69) is 20.8 Å². The largest absolute Gasteiger partial charge is 0.0776 e. The Kier molecular flexibility index (Phi) is 2.22. The molecular weight excluding hydrogens is 72.1 g/mol. The maximum atomic E-state index is 6.85. The summed E-state index contributed by atoms with van der Waals surface area (Å²) < 4.78 is 6.85. The number of rotatable bonds is 0. The van der Waals surface area contributed by atoms with E-state index in [-0.39, 0.29) is 12.8 Å². The molecular formula is C6H16. The first-order valence-corrected chi connectivity index (χ1v) is 1.85. The van der Waals surface area contributed by atoms with Gasteiger partial charge in [-0.15, -0.1) is 0 Å². The third kappa shape index (κ3) is 0. The molecule has 0 unspecified atom stereocenters. The minimum absolute atomic E-state index is 0. The summed E-state index contributed by atoms with van der Waals surface area (Å²) in [6.07, 6.45) is 0. The van der Waals surface area contributed by atoms with Crippen LogP contribution in [0.25, 0.3) is 0 Å². The molecule has 0 aliphatic carbocycles. The van der Waals surface area contributed by atoms with Gasteiger partial charge in [-0.1, -0.05) is 35.1 Å². The lowest BCUT2D eigenvalue weighted by molar-refractivity contribution is 0.469. The van der Waals surface area contributed by atoms with Crippen molar-refractivity contribution in [2.45, 2.75) is 35.1 Å². The molecule has 0 aliphatic rings. The smallest absolute Gasteiger partial charge is 0.0236 e. The second kappa shape index (κ2) is 2.22. The molecule has 0 fully saturated rings. The van der Waals surface area contributed by atoms with Crippen LogP contribution < -0.4 is 0 Å². The summed E-state index contributed by atoms with van der Waals surface area (Å²) in [4.78, 5) is 0. The highest BCUT2D eigenvalue weighted by molar-refractivity contribution is 4.47. The van der Waals surface area contributed by atoms with Crippen molar-refractivity contribution in [1.29, 1.82) is 0 Å². The third-order valence-electron chi connectivity index (χ3n) is 0. The summed E-state index contributed by atoms with van der Waals surface area (Å²) in [6, 6.07) is 0. The van der Waals surface area contributed by atoms with E-state index in [0.29, 0.717) is 6.90 Å². The summed E-state index contributed by atoms with van der Waals surface area (Å²) in [6.45, 7) is 6.69. The van der Waals surface area contributed by atoms with Crippen LogP contribution in [0.4, 0.5) is 0 Å². The number of hydrogen-bond acceptors (Lipinski definition) is 0. The topological polar surface area (TPSA) is 0 Å². The number of hydrogen-bond donors (Lipinski definition) is 0. The molecule has 0 aromatic carbocycles. The first-order valence-electron chi connectivity index (χ1n) is 2.56. The van der Waals surface area contributed by atoms with Crippen LogP contribution in [0, 0.1) is 5.41 Å². The van der Waals surface area contributed by atoms with Gasteiger partial charge in [0, 0.05) is 1.37 Å². The zero-order valence-corrected chi connectivity index (χ0v) is 4.21. The van der Waals surface area contributed by atoms with E-state index in [1.807, 2.05) is 0 Å². The fraction of sp³-hybridized carbons (Fsp3) is 1.00. The lowest BCUT2D eigenvalue weighted by Gasteiger charge is -2.05. The van der Waals surface area contributed by atoms with E-state index in [9.17, 15) is 0 Å². The maximum Gasteiger partial charge on any atom is 0.0236 e. The van der Waals surface area contributed by atoms with Gasteiger partial charge in [-0.05, 0) is 5.41 Å². The van der Waals surface area contributed by atoms with E-state index in [1.165, 1.54) is 0 Å². The Morgan fingerprint density at radius 3 is 1.50 bits per heavy atom. The summed E-state index contributed by atoms with van der Waals surface area (Å²) in [5.41, 5.74) is 0.208. The maximum absolute atomic E-state index is 6.85. The zero-order valence-electron chi connectivity index (χ0n) is 5.21. The minimum atomic E-state index is 0. The van der Waals surface area contributed by atoms with E-state index >= 15 is 0 Å². The third-order valence-corrected chi connectivity index (χ3v) is 0. The van der Waals surface area contributed by atoms with Gasteiger partial charge in [-0.2, -0.15) is 0 Å². The van der Waals surface area contributed by atoms with Gasteiger partial charge in [0.1, 0.15) is 0 Å². The van der Waals surface area contributed by atoms with Crippen LogP contribution in [0.1, 0.15) is 36.5 Å². The van der Waals surface area contributed by atoms with Gasteiger partial charge in [0.25, 0.3) is 0 Å². The molecule has 0 spiro atoms. The van der Waals surface area contributed by atoms with Crippen LogP contribution in [0.2, 0.25) is 0 Å². The lowest BCUT2D eigenvalue weighted by atomic mass is 10.0. The highest BCUT2D eigenvalue weighted by atomic mass is 14.0. The van der Waals surface area contributed by atoms with Gasteiger partial charge in [0.2, 0.25) is 0 Å². The van der Waals surface area contributed by atoms with Crippen molar-refractivity contribution in [1.82, 2.24) is 0 Å². The molecule has 0 N–H and O–H groups in total. The molecule has 0 radical (unpaired) electrons. The van der Waals surface area contributed by atoms with E-state index < -0.39 is 0 Å². The zero-order chi connectivity index (χ0) is 5.21. The van der Waals surface area contributed by atoms with Gasteiger partial charge in [0.15, 0.2) is 0 Å². The van der Waals surface area contributed by atoms with Crippen LogP contribution in [0.5, 0.6) is 0 Å². The normalized spacial score (nSPS) is 12.2. The molecule has 0 aliphatic heterocycles. The van der Waals surface area contributed by atoms with Crippen molar-refractivity contribution < 1.29 is 1.37 Å². The van der Waals surface area contributed by atoms with Crippen molar-refractivity contribution >= 4 is 0 Å². The molecule has 0 saturated heterocycles. The van der Waals surface area contributed by atoms with Crippen molar-refractivity contribution in [3.05, 3.63) is 0 Å². The fourth-order valence-electron chi connectivity index (χ4n) is 0. The minimum Gasteiger partial charge on any atom is -0.0776 e. The van der Waals surface area contributed by atoms with Crippen LogP contribution in [-0.4, -0.2) is 0 Å². The Hall–Kier alpha value is 0.